The molecule has 4 rings (SSSR count). The number of carbonyl (C=O) groups is 1. The summed E-state index contributed by atoms with van der Waals surface area (Å²) < 4.78 is 24.2. The van der Waals surface area contributed by atoms with E-state index in [-0.39, 0.29) is 17.6 Å². The summed E-state index contributed by atoms with van der Waals surface area (Å²) in [5, 5.41) is 4.30. The van der Waals surface area contributed by atoms with Crippen molar-refractivity contribution in [2.75, 3.05) is 31.3 Å². The SMILES string of the molecule is COc1cc2[nH]c(SCCCc3cccc4c3NCCC4COC(C)=O)nc2cc1F. The number of para-hydroxylation sites is 1. The van der Waals surface area contributed by atoms with Crippen LogP contribution in [0.3, 0.4) is 0 Å². The van der Waals surface area contributed by atoms with Gasteiger partial charge in [-0.05, 0) is 30.4 Å². The number of nitrogens with zero attached hydrogens (tertiary/aromatic N) is 1. The number of H-pyrrole nitrogens is 1. The number of ether oxygens (including phenoxy) is 2. The smallest absolute Gasteiger partial charge is 0.302 e. The number of aromatic amines is 1. The van der Waals surface area contributed by atoms with Crippen molar-refractivity contribution in [2.24, 2.45) is 0 Å². The molecule has 1 aliphatic heterocycles. The number of fused-ring (bicyclic) bond motifs is 2. The lowest BCUT2D eigenvalue weighted by atomic mass is 9.88. The molecule has 1 aromatic heterocycles. The summed E-state index contributed by atoms with van der Waals surface area (Å²) in [6, 6.07) is 9.38. The molecule has 0 bridgehead atoms. The highest BCUT2D eigenvalue weighted by molar-refractivity contribution is 7.99. The number of esters is 1. The van der Waals surface area contributed by atoms with Gasteiger partial charge >= 0.3 is 5.97 Å². The van der Waals surface area contributed by atoms with Crippen molar-refractivity contribution >= 4 is 34.5 Å². The van der Waals surface area contributed by atoms with E-state index in [0.717, 1.165) is 42.2 Å². The molecule has 3 aromatic rings. The number of aromatic nitrogens is 2. The van der Waals surface area contributed by atoms with E-state index in [1.54, 1.807) is 17.8 Å². The van der Waals surface area contributed by atoms with Gasteiger partial charge in [-0.1, -0.05) is 30.0 Å². The van der Waals surface area contributed by atoms with Gasteiger partial charge in [-0.25, -0.2) is 9.37 Å². The summed E-state index contributed by atoms with van der Waals surface area (Å²) in [7, 11) is 1.45. The standard InChI is InChI=1S/C23H26FN3O3S/c1-14(28)30-13-16-8-9-25-22-15(5-3-7-17(16)22)6-4-10-31-23-26-19-11-18(24)21(29-2)12-20(19)27-23/h3,5,7,11-12,16,25H,4,6,8-10,13H2,1-2H3,(H,26,27). The van der Waals surface area contributed by atoms with Crippen molar-refractivity contribution in [3.63, 3.8) is 0 Å². The molecule has 0 saturated carbocycles. The summed E-state index contributed by atoms with van der Waals surface area (Å²) in [6.45, 7) is 2.76. The molecular formula is C23H26FN3O3S. The maximum absolute atomic E-state index is 13.9. The first kappa shape index (κ1) is 21.5. The van der Waals surface area contributed by atoms with E-state index in [4.69, 9.17) is 9.47 Å². The number of imidazole rings is 1. The van der Waals surface area contributed by atoms with Crippen LogP contribution in [0.25, 0.3) is 11.0 Å². The van der Waals surface area contributed by atoms with Crippen molar-refractivity contribution in [1.82, 2.24) is 9.97 Å². The van der Waals surface area contributed by atoms with Crippen LogP contribution in [0.5, 0.6) is 5.75 Å². The van der Waals surface area contributed by atoms with E-state index in [2.05, 4.69) is 33.5 Å². The fourth-order valence-electron chi connectivity index (χ4n) is 3.95. The van der Waals surface area contributed by atoms with Crippen LogP contribution in [-0.2, 0) is 16.0 Å². The zero-order valence-corrected chi connectivity index (χ0v) is 18.5. The summed E-state index contributed by atoms with van der Waals surface area (Å²) >= 11 is 1.63. The van der Waals surface area contributed by atoms with Gasteiger partial charge in [0, 0.05) is 43.0 Å². The minimum absolute atomic E-state index is 0.209. The largest absolute Gasteiger partial charge is 0.494 e. The lowest BCUT2D eigenvalue weighted by Gasteiger charge is -2.28. The van der Waals surface area contributed by atoms with Gasteiger partial charge in [-0.15, -0.1) is 0 Å². The van der Waals surface area contributed by atoms with Gasteiger partial charge in [0.15, 0.2) is 16.7 Å². The average molecular weight is 444 g/mol. The van der Waals surface area contributed by atoms with Crippen LogP contribution in [0.2, 0.25) is 0 Å². The van der Waals surface area contributed by atoms with Gasteiger partial charge in [-0.3, -0.25) is 4.79 Å². The molecule has 1 atom stereocenters. The number of nitrogens with one attached hydrogen (secondary N) is 2. The molecule has 1 aliphatic rings. The zero-order chi connectivity index (χ0) is 21.8. The molecule has 0 saturated heterocycles. The molecule has 2 heterocycles. The molecule has 2 aromatic carbocycles. The summed E-state index contributed by atoms with van der Waals surface area (Å²) in [4.78, 5) is 18.9. The minimum atomic E-state index is -0.411. The highest BCUT2D eigenvalue weighted by Crippen LogP contribution is 2.35. The maximum Gasteiger partial charge on any atom is 0.302 e. The summed E-state index contributed by atoms with van der Waals surface area (Å²) in [5.41, 5.74) is 5.05. The van der Waals surface area contributed by atoms with Gasteiger partial charge in [-0.2, -0.15) is 0 Å². The first-order valence-electron chi connectivity index (χ1n) is 10.4. The number of hydrogen-bond donors (Lipinski definition) is 2. The molecule has 8 heteroatoms. The Labute approximate surface area is 184 Å². The highest BCUT2D eigenvalue weighted by atomic mass is 32.2. The topological polar surface area (TPSA) is 76.2 Å². The fraction of sp³-hybridized carbons (Fsp3) is 0.391. The van der Waals surface area contributed by atoms with Gasteiger partial charge in [0.05, 0.1) is 24.8 Å². The second kappa shape index (κ2) is 9.60. The predicted octanol–water partition coefficient (Wildman–Crippen LogP) is 4.90. The number of halogens is 1. The van der Waals surface area contributed by atoms with E-state index < -0.39 is 5.82 Å². The molecule has 6 nitrogen and oxygen atoms in total. The monoisotopic (exact) mass is 443 g/mol. The van der Waals surface area contributed by atoms with Crippen LogP contribution in [0.1, 0.15) is 36.8 Å². The number of aryl methyl sites for hydroxylation is 1. The maximum atomic E-state index is 13.9. The highest BCUT2D eigenvalue weighted by Gasteiger charge is 2.22. The molecule has 0 aliphatic carbocycles. The summed E-state index contributed by atoms with van der Waals surface area (Å²) in [5.74, 6) is 0.690. The molecule has 1 unspecified atom stereocenters. The molecule has 0 radical (unpaired) electrons. The Bertz CT molecular complexity index is 1090. The Morgan fingerprint density at radius 2 is 2.23 bits per heavy atom. The van der Waals surface area contributed by atoms with Gasteiger partial charge in [0.25, 0.3) is 0 Å². The normalized spacial score (nSPS) is 15.4. The van der Waals surface area contributed by atoms with Crippen molar-refractivity contribution in [1.29, 1.82) is 0 Å². The Morgan fingerprint density at radius 3 is 3.03 bits per heavy atom. The van der Waals surface area contributed by atoms with Crippen LogP contribution in [0, 0.1) is 5.82 Å². The lowest BCUT2D eigenvalue weighted by molar-refractivity contribution is -0.141. The number of methoxy groups -OCH3 is 1. The Hall–Kier alpha value is -2.74. The third-order valence-electron chi connectivity index (χ3n) is 5.47. The number of rotatable bonds is 8. The second-order valence-electron chi connectivity index (χ2n) is 7.59. The Morgan fingerprint density at radius 1 is 1.35 bits per heavy atom. The molecule has 2 N–H and O–H groups in total. The van der Waals surface area contributed by atoms with E-state index in [1.807, 2.05) is 0 Å². The number of thioether (sulfide) groups is 1. The van der Waals surface area contributed by atoms with Crippen molar-refractivity contribution in [2.45, 2.75) is 37.3 Å². The fourth-order valence-corrected chi connectivity index (χ4v) is 4.77. The molecule has 0 spiro atoms. The van der Waals surface area contributed by atoms with Gasteiger partial charge < -0.3 is 19.8 Å². The third-order valence-corrected chi connectivity index (χ3v) is 6.43. The van der Waals surface area contributed by atoms with E-state index >= 15 is 0 Å². The number of anilines is 1. The predicted molar refractivity (Wildman–Crippen MR) is 121 cm³/mol. The van der Waals surface area contributed by atoms with Crippen molar-refractivity contribution < 1.29 is 18.7 Å². The number of benzene rings is 2. The molecule has 164 valence electrons. The number of carbonyl (C=O) groups excluding carboxylic acids is 1. The lowest BCUT2D eigenvalue weighted by Crippen LogP contribution is -2.22. The van der Waals surface area contributed by atoms with Crippen LogP contribution in [0.4, 0.5) is 10.1 Å². The molecule has 0 amide bonds. The Kier molecular flexibility index (Phi) is 6.65. The van der Waals surface area contributed by atoms with Gasteiger partial charge in [0.1, 0.15) is 0 Å². The van der Waals surface area contributed by atoms with Crippen LogP contribution in [0.15, 0.2) is 35.5 Å². The molecule has 0 fully saturated rings. The molecular weight excluding hydrogens is 417 g/mol. The van der Waals surface area contributed by atoms with Crippen LogP contribution >= 0.6 is 11.8 Å². The van der Waals surface area contributed by atoms with Crippen molar-refractivity contribution in [3.8, 4) is 5.75 Å². The zero-order valence-electron chi connectivity index (χ0n) is 17.7. The van der Waals surface area contributed by atoms with Crippen LogP contribution < -0.4 is 10.1 Å². The second-order valence-corrected chi connectivity index (χ2v) is 8.68. The number of hydrogen-bond acceptors (Lipinski definition) is 6. The first-order chi connectivity index (χ1) is 15.0. The quantitative estimate of drug-likeness (QED) is 0.293. The van der Waals surface area contributed by atoms with Crippen molar-refractivity contribution in [3.05, 3.63) is 47.3 Å². The van der Waals surface area contributed by atoms with E-state index in [9.17, 15) is 9.18 Å². The van der Waals surface area contributed by atoms with E-state index in [1.165, 1.54) is 36.9 Å². The third kappa shape index (κ3) is 4.95. The minimum Gasteiger partial charge on any atom is -0.494 e. The van der Waals surface area contributed by atoms with Gasteiger partial charge in [0.2, 0.25) is 0 Å². The average Bonchev–Trinajstić information content (AvgIpc) is 3.16. The first-order valence-corrected chi connectivity index (χ1v) is 11.4. The van der Waals surface area contributed by atoms with Crippen LogP contribution in [-0.4, -0.2) is 42.0 Å². The van der Waals surface area contributed by atoms with E-state index in [0.29, 0.717) is 12.1 Å². The molecule has 31 heavy (non-hydrogen) atoms. The Balaban J connectivity index is 1.36. The summed E-state index contributed by atoms with van der Waals surface area (Å²) in [6.07, 6.45) is 2.87.